The zero-order valence-corrected chi connectivity index (χ0v) is 16.2. The second-order valence-electron chi connectivity index (χ2n) is 7.09. The number of hydrogen-bond donors (Lipinski definition) is 0. The summed E-state index contributed by atoms with van der Waals surface area (Å²) in [5.41, 5.74) is 0.681. The van der Waals surface area contributed by atoms with E-state index in [0.29, 0.717) is 18.7 Å². The van der Waals surface area contributed by atoms with Gasteiger partial charge in [0.1, 0.15) is 11.6 Å². The highest BCUT2D eigenvalue weighted by atomic mass is 16.5. The highest BCUT2D eigenvalue weighted by Gasteiger charge is 2.29. The van der Waals surface area contributed by atoms with Crippen LogP contribution in [0.15, 0.2) is 43.0 Å². The van der Waals surface area contributed by atoms with E-state index in [2.05, 4.69) is 15.2 Å². The van der Waals surface area contributed by atoms with Crippen molar-refractivity contribution in [3.63, 3.8) is 0 Å². The number of hydrogen-bond acceptors (Lipinski definition) is 5. The number of benzene rings is 1. The third-order valence-electron chi connectivity index (χ3n) is 5.29. The first-order chi connectivity index (χ1) is 13.7. The Morgan fingerprint density at radius 3 is 2.79 bits per heavy atom. The van der Waals surface area contributed by atoms with E-state index < -0.39 is 0 Å². The normalized spacial score (nSPS) is 16.9. The molecule has 3 heterocycles. The predicted octanol–water partition coefficient (Wildman–Crippen LogP) is 2.09. The van der Waals surface area contributed by atoms with Gasteiger partial charge in [-0.05, 0) is 37.1 Å². The van der Waals surface area contributed by atoms with Gasteiger partial charge in [0.2, 0.25) is 0 Å². The van der Waals surface area contributed by atoms with Crippen molar-refractivity contribution in [2.45, 2.75) is 25.3 Å². The molecule has 1 aliphatic heterocycles. The van der Waals surface area contributed by atoms with Crippen LogP contribution in [0.5, 0.6) is 5.75 Å². The summed E-state index contributed by atoms with van der Waals surface area (Å²) in [5, 5.41) is 8.79. The van der Waals surface area contributed by atoms with Crippen LogP contribution in [-0.4, -0.2) is 55.3 Å². The minimum Gasteiger partial charge on any atom is -0.497 e. The standard InChI is InChI=1S/C20H24N6O2/c1-24-18(13-25-11-9-21-14-25)22-23-19(24)16-4-3-10-26(12-16)20(27)15-5-7-17(28-2)8-6-15/h5-9,11,14,16H,3-4,10,12-13H2,1-2H3/t16-/m0/s1. The first kappa shape index (κ1) is 18.2. The summed E-state index contributed by atoms with van der Waals surface area (Å²) in [7, 11) is 3.61. The summed E-state index contributed by atoms with van der Waals surface area (Å²) in [4.78, 5) is 18.9. The number of carbonyl (C=O) groups is 1. The van der Waals surface area contributed by atoms with Crippen LogP contribution in [0, 0.1) is 0 Å². The van der Waals surface area contributed by atoms with Gasteiger partial charge >= 0.3 is 0 Å². The summed E-state index contributed by atoms with van der Waals surface area (Å²) >= 11 is 0. The van der Waals surface area contributed by atoms with Crippen LogP contribution in [0.3, 0.4) is 0 Å². The monoisotopic (exact) mass is 380 g/mol. The fraction of sp³-hybridized carbons (Fsp3) is 0.400. The van der Waals surface area contributed by atoms with Gasteiger partial charge < -0.3 is 18.8 Å². The molecule has 0 N–H and O–H groups in total. The van der Waals surface area contributed by atoms with Crippen molar-refractivity contribution in [2.24, 2.45) is 7.05 Å². The smallest absolute Gasteiger partial charge is 0.253 e. The maximum Gasteiger partial charge on any atom is 0.253 e. The summed E-state index contributed by atoms with van der Waals surface area (Å²) < 4.78 is 9.19. The molecule has 1 aliphatic rings. The maximum atomic E-state index is 12.9. The van der Waals surface area contributed by atoms with E-state index in [9.17, 15) is 4.79 Å². The topological polar surface area (TPSA) is 78.1 Å². The molecule has 0 aliphatic carbocycles. The van der Waals surface area contributed by atoms with Crippen molar-refractivity contribution in [1.82, 2.24) is 29.2 Å². The fourth-order valence-electron chi connectivity index (χ4n) is 3.70. The third-order valence-corrected chi connectivity index (χ3v) is 5.29. The Morgan fingerprint density at radius 1 is 1.25 bits per heavy atom. The molecule has 0 unspecified atom stereocenters. The molecule has 8 heteroatoms. The van der Waals surface area contributed by atoms with Gasteiger partial charge in [0.15, 0.2) is 5.82 Å². The molecule has 0 spiro atoms. The molecular formula is C20H24N6O2. The Kier molecular flexibility index (Phi) is 5.10. The Morgan fingerprint density at radius 2 is 2.07 bits per heavy atom. The van der Waals surface area contributed by atoms with Gasteiger partial charge in [-0.3, -0.25) is 4.79 Å². The minimum absolute atomic E-state index is 0.0492. The van der Waals surface area contributed by atoms with E-state index in [-0.39, 0.29) is 11.8 Å². The first-order valence-corrected chi connectivity index (χ1v) is 9.43. The van der Waals surface area contributed by atoms with E-state index in [0.717, 1.165) is 36.8 Å². The molecule has 8 nitrogen and oxygen atoms in total. The molecule has 0 bridgehead atoms. The molecule has 4 rings (SSSR count). The van der Waals surface area contributed by atoms with Gasteiger partial charge in [0, 0.05) is 44.0 Å². The van der Waals surface area contributed by atoms with Crippen molar-refractivity contribution >= 4 is 5.91 Å². The fourth-order valence-corrected chi connectivity index (χ4v) is 3.70. The average molecular weight is 380 g/mol. The zero-order chi connectivity index (χ0) is 19.5. The van der Waals surface area contributed by atoms with Crippen LogP contribution in [0.4, 0.5) is 0 Å². The van der Waals surface area contributed by atoms with Crippen LogP contribution in [0.1, 0.15) is 40.8 Å². The third kappa shape index (κ3) is 3.62. The van der Waals surface area contributed by atoms with Crippen molar-refractivity contribution < 1.29 is 9.53 Å². The molecular weight excluding hydrogens is 356 g/mol. The Hall–Kier alpha value is -3.16. The maximum absolute atomic E-state index is 12.9. The van der Waals surface area contributed by atoms with Crippen molar-refractivity contribution in [2.75, 3.05) is 20.2 Å². The minimum atomic E-state index is 0.0492. The second-order valence-corrected chi connectivity index (χ2v) is 7.09. The molecule has 1 atom stereocenters. The number of ether oxygens (including phenoxy) is 1. The predicted molar refractivity (Wildman–Crippen MR) is 103 cm³/mol. The van der Waals surface area contributed by atoms with Gasteiger partial charge in [0.25, 0.3) is 5.91 Å². The van der Waals surface area contributed by atoms with Gasteiger partial charge in [-0.2, -0.15) is 0 Å². The summed E-state index contributed by atoms with van der Waals surface area (Å²) in [6.07, 6.45) is 7.38. The Labute approximate surface area is 163 Å². The van der Waals surface area contributed by atoms with Crippen LogP contribution < -0.4 is 4.74 Å². The van der Waals surface area contributed by atoms with E-state index >= 15 is 0 Å². The van der Waals surface area contributed by atoms with Crippen molar-refractivity contribution in [1.29, 1.82) is 0 Å². The van der Waals surface area contributed by atoms with Crippen LogP contribution in [-0.2, 0) is 13.6 Å². The summed E-state index contributed by atoms with van der Waals surface area (Å²) in [6.45, 7) is 2.05. The second kappa shape index (κ2) is 7.84. The highest BCUT2D eigenvalue weighted by molar-refractivity contribution is 5.94. The molecule has 0 radical (unpaired) electrons. The van der Waals surface area contributed by atoms with Gasteiger partial charge in [-0.1, -0.05) is 0 Å². The van der Waals surface area contributed by atoms with Crippen LogP contribution in [0.2, 0.25) is 0 Å². The molecule has 1 saturated heterocycles. The first-order valence-electron chi connectivity index (χ1n) is 9.43. The van der Waals surface area contributed by atoms with E-state index in [4.69, 9.17) is 4.74 Å². The number of likely N-dealkylation sites (tertiary alicyclic amines) is 1. The Balaban J connectivity index is 1.47. The number of imidazole rings is 1. The molecule has 1 fully saturated rings. The molecule has 1 amide bonds. The van der Waals surface area contributed by atoms with E-state index in [1.54, 1.807) is 19.6 Å². The van der Waals surface area contributed by atoms with Gasteiger partial charge in [-0.25, -0.2) is 4.98 Å². The zero-order valence-electron chi connectivity index (χ0n) is 16.2. The molecule has 1 aromatic carbocycles. The van der Waals surface area contributed by atoms with Gasteiger partial charge in [0.05, 0.1) is 20.0 Å². The average Bonchev–Trinajstić information content (AvgIpc) is 3.38. The number of methoxy groups -OCH3 is 1. The molecule has 0 saturated carbocycles. The molecule has 28 heavy (non-hydrogen) atoms. The lowest BCUT2D eigenvalue weighted by atomic mass is 9.96. The van der Waals surface area contributed by atoms with E-state index in [1.807, 2.05) is 51.5 Å². The number of aromatic nitrogens is 5. The largest absolute Gasteiger partial charge is 0.497 e. The number of carbonyl (C=O) groups excluding carboxylic acids is 1. The van der Waals surface area contributed by atoms with Crippen LogP contribution in [0.25, 0.3) is 0 Å². The lowest BCUT2D eigenvalue weighted by molar-refractivity contribution is 0.0703. The number of rotatable bonds is 5. The lowest BCUT2D eigenvalue weighted by Crippen LogP contribution is -2.39. The van der Waals surface area contributed by atoms with Crippen molar-refractivity contribution in [3.8, 4) is 5.75 Å². The Bertz CT molecular complexity index is 932. The summed E-state index contributed by atoms with van der Waals surface area (Å²) in [6, 6.07) is 7.27. The molecule has 3 aromatic rings. The number of piperidine rings is 1. The number of amides is 1. The van der Waals surface area contributed by atoms with E-state index in [1.165, 1.54) is 0 Å². The SMILES string of the molecule is COc1ccc(C(=O)N2CCC[C@H](c3nnc(Cn4ccnc4)n3C)C2)cc1. The number of nitrogens with zero attached hydrogens (tertiary/aromatic N) is 6. The summed E-state index contributed by atoms with van der Waals surface area (Å²) in [5.74, 6) is 2.80. The molecule has 2 aromatic heterocycles. The quantitative estimate of drug-likeness (QED) is 0.677. The lowest BCUT2D eigenvalue weighted by Gasteiger charge is -2.32. The van der Waals surface area contributed by atoms with Crippen LogP contribution >= 0.6 is 0 Å². The molecule has 146 valence electrons. The van der Waals surface area contributed by atoms with Gasteiger partial charge in [-0.15, -0.1) is 10.2 Å². The highest BCUT2D eigenvalue weighted by Crippen LogP contribution is 2.27. The van der Waals surface area contributed by atoms with Crippen molar-refractivity contribution in [3.05, 3.63) is 60.2 Å².